The molecule has 0 aliphatic rings. The molecule has 0 fully saturated rings. The molecule has 0 saturated heterocycles. The van der Waals surface area contributed by atoms with Gasteiger partial charge in [0.15, 0.2) is 0 Å². The van der Waals surface area contributed by atoms with Crippen LogP contribution in [-0.4, -0.2) is 43.4 Å². The zero-order chi connectivity index (χ0) is 19.2. The Labute approximate surface area is 158 Å². The number of rotatable bonds is 8. The number of halogens is 1. The molecule has 0 unspecified atom stereocenters. The Morgan fingerprint density at radius 2 is 1.73 bits per heavy atom. The fourth-order valence-electron chi connectivity index (χ4n) is 2.29. The fraction of sp³-hybridized carbons (Fsp3) is 0.278. The summed E-state index contributed by atoms with van der Waals surface area (Å²) in [5.41, 5.74) is 1.82. The van der Waals surface area contributed by atoms with Crippen LogP contribution in [-0.2, 0) is 21.4 Å². The van der Waals surface area contributed by atoms with Gasteiger partial charge in [0, 0.05) is 18.1 Å². The summed E-state index contributed by atoms with van der Waals surface area (Å²) in [4.78, 5) is 12.1. The number of amides is 1. The van der Waals surface area contributed by atoms with Crippen molar-refractivity contribution in [1.29, 1.82) is 0 Å². The predicted molar refractivity (Wildman–Crippen MR) is 100 cm³/mol. The monoisotopic (exact) mass is 396 g/mol. The number of carbonyl (C=O) groups excluding carboxylic acids is 1. The Morgan fingerprint density at radius 1 is 1.12 bits per heavy atom. The van der Waals surface area contributed by atoms with Gasteiger partial charge in [0.05, 0.1) is 18.0 Å². The summed E-state index contributed by atoms with van der Waals surface area (Å²) in [7, 11) is -3.89. The Balaban J connectivity index is 2.30. The summed E-state index contributed by atoms with van der Waals surface area (Å²) >= 11 is 5.83. The van der Waals surface area contributed by atoms with E-state index in [1.165, 1.54) is 24.3 Å². The molecular weight excluding hydrogens is 376 g/mol. The first-order valence-corrected chi connectivity index (χ1v) is 9.83. The summed E-state index contributed by atoms with van der Waals surface area (Å²) in [5, 5.41) is 11.7. The first-order chi connectivity index (χ1) is 12.3. The van der Waals surface area contributed by atoms with Crippen molar-refractivity contribution in [3.8, 4) is 0 Å². The highest BCUT2D eigenvalue weighted by molar-refractivity contribution is 7.89. The lowest BCUT2D eigenvalue weighted by Crippen LogP contribution is -2.41. The SMILES string of the molecule is Cc1ccc(CN(CC(=O)NCCO)S(=O)(=O)c2ccc(Cl)cc2)cc1. The van der Waals surface area contributed by atoms with Crippen molar-refractivity contribution >= 4 is 27.5 Å². The van der Waals surface area contributed by atoms with Gasteiger partial charge in [-0.1, -0.05) is 41.4 Å². The molecule has 2 aromatic rings. The highest BCUT2D eigenvalue weighted by Crippen LogP contribution is 2.20. The van der Waals surface area contributed by atoms with Crippen molar-refractivity contribution in [1.82, 2.24) is 9.62 Å². The van der Waals surface area contributed by atoms with E-state index in [1.807, 2.05) is 31.2 Å². The van der Waals surface area contributed by atoms with Crippen molar-refractivity contribution in [2.45, 2.75) is 18.4 Å². The second-order valence-corrected chi connectivity index (χ2v) is 8.16. The van der Waals surface area contributed by atoms with Crippen LogP contribution in [0.25, 0.3) is 0 Å². The highest BCUT2D eigenvalue weighted by atomic mass is 35.5. The third-order valence-electron chi connectivity index (χ3n) is 3.68. The first-order valence-electron chi connectivity index (χ1n) is 8.02. The summed E-state index contributed by atoms with van der Waals surface area (Å²) in [5.74, 6) is -0.483. The maximum absolute atomic E-state index is 13.0. The molecule has 0 aliphatic carbocycles. The number of benzene rings is 2. The van der Waals surface area contributed by atoms with Gasteiger partial charge >= 0.3 is 0 Å². The van der Waals surface area contributed by atoms with Gasteiger partial charge in [0.1, 0.15) is 0 Å². The van der Waals surface area contributed by atoms with Gasteiger partial charge < -0.3 is 10.4 Å². The molecule has 8 heteroatoms. The van der Waals surface area contributed by atoms with Crippen LogP contribution in [0.3, 0.4) is 0 Å². The molecule has 0 aliphatic heterocycles. The van der Waals surface area contributed by atoms with Crippen LogP contribution >= 0.6 is 11.6 Å². The Bertz CT molecular complexity index is 836. The van der Waals surface area contributed by atoms with Crippen molar-refractivity contribution in [2.24, 2.45) is 0 Å². The molecule has 2 rings (SSSR count). The van der Waals surface area contributed by atoms with Crippen molar-refractivity contribution < 1.29 is 18.3 Å². The van der Waals surface area contributed by atoms with Gasteiger partial charge in [-0.3, -0.25) is 4.79 Å². The van der Waals surface area contributed by atoms with Crippen molar-refractivity contribution in [3.05, 3.63) is 64.7 Å². The minimum absolute atomic E-state index is 0.0534. The molecule has 0 spiro atoms. The van der Waals surface area contributed by atoms with Gasteiger partial charge in [-0.15, -0.1) is 0 Å². The third kappa shape index (κ3) is 5.54. The number of hydrogen-bond acceptors (Lipinski definition) is 4. The number of carbonyl (C=O) groups is 1. The Kier molecular flexibility index (Phi) is 7.16. The lowest BCUT2D eigenvalue weighted by Gasteiger charge is -2.22. The van der Waals surface area contributed by atoms with E-state index < -0.39 is 15.9 Å². The lowest BCUT2D eigenvalue weighted by molar-refractivity contribution is -0.121. The zero-order valence-electron chi connectivity index (χ0n) is 14.4. The van der Waals surface area contributed by atoms with Crippen LogP contribution in [0.4, 0.5) is 0 Å². The number of aliphatic hydroxyl groups excluding tert-OH is 1. The van der Waals surface area contributed by atoms with Gasteiger partial charge in [0.25, 0.3) is 0 Å². The van der Waals surface area contributed by atoms with E-state index in [4.69, 9.17) is 16.7 Å². The van der Waals surface area contributed by atoms with Gasteiger partial charge in [-0.2, -0.15) is 4.31 Å². The standard InChI is InChI=1S/C18H21ClN2O4S/c1-14-2-4-15(5-3-14)12-21(13-18(23)20-10-11-22)26(24,25)17-8-6-16(19)7-9-17/h2-9,22H,10-13H2,1H3,(H,20,23). The zero-order valence-corrected chi connectivity index (χ0v) is 15.9. The molecule has 0 radical (unpaired) electrons. The third-order valence-corrected chi connectivity index (χ3v) is 5.74. The molecule has 140 valence electrons. The van der Waals surface area contributed by atoms with Crippen molar-refractivity contribution in [2.75, 3.05) is 19.7 Å². The normalized spacial score (nSPS) is 11.5. The molecule has 0 atom stereocenters. The lowest BCUT2D eigenvalue weighted by atomic mass is 10.1. The molecule has 6 nitrogen and oxygen atoms in total. The summed E-state index contributed by atoms with van der Waals surface area (Å²) in [6.07, 6.45) is 0. The Morgan fingerprint density at radius 3 is 2.31 bits per heavy atom. The predicted octanol–water partition coefficient (Wildman–Crippen LogP) is 1.95. The van der Waals surface area contributed by atoms with E-state index in [9.17, 15) is 13.2 Å². The van der Waals surface area contributed by atoms with E-state index in [-0.39, 0.29) is 31.1 Å². The van der Waals surface area contributed by atoms with E-state index >= 15 is 0 Å². The van der Waals surface area contributed by atoms with E-state index in [1.54, 1.807) is 0 Å². The van der Waals surface area contributed by atoms with Gasteiger partial charge in [-0.05, 0) is 36.8 Å². The summed E-state index contributed by atoms with van der Waals surface area (Å²) < 4.78 is 27.1. The number of nitrogens with zero attached hydrogens (tertiary/aromatic N) is 1. The van der Waals surface area contributed by atoms with E-state index in [2.05, 4.69) is 5.32 Å². The smallest absolute Gasteiger partial charge is 0.243 e. The quantitative estimate of drug-likeness (QED) is 0.714. The van der Waals surface area contributed by atoms with Crippen LogP contribution in [0.5, 0.6) is 0 Å². The minimum atomic E-state index is -3.89. The fourth-order valence-corrected chi connectivity index (χ4v) is 3.80. The average Bonchev–Trinajstić information content (AvgIpc) is 2.61. The molecule has 1 amide bonds. The maximum Gasteiger partial charge on any atom is 0.243 e. The molecule has 0 bridgehead atoms. The van der Waals surface area contributed by atoms with E-state index in [0.29, 0.717) is 5.02 Å². The first kappa shape index (κ1) is 20.4. The number of aliphatic hydroxyl groups is 1. The Hall–Kier alpha value is -1.93. The second kappa shape index (κ2) is 9.14. The van der Waals surface area contributed by atoms with Crippen LogP contribution in [0.2, 0.25) is 5.02 Å². The van der Waals surface area contributed by atoms with Crippen LogP contribution < -0.4 is 5.32 Å². The average molecular weight is 397 g/mol. The molecule has 0 saturated carbocycles. The van der Waals surface area contributed by atoms with E-state index in [0.717, 1.165) is 15.4 Å². The number of sulfonamides is 1. The number of hydrogen-bond donors (Lipinski definition) is 2. The summed E-state index contributed by atoms with van der Waals surface area (Å²) in [6.45, 7) is 1.50. The van der Waals surface area contributed by atoms with Crippen LogP contribution in [0.1, 0.15) is 11.1 Å². The largest absolute Gasteiger partial charge is 0.395 e. The molecule has 26 heavy (non-hydrogen) atoms. The molecule has 2 aromatic carbocycles. The maximum atomic E-state index is 13.0. The summed E-state index contributed by atoms with van der Waals surface area (Å²) in [6, 6.07) is 13.2. The molecule has 2 N–H and O–H groups in total. The van der Waals surface area contributed by atoms with Crippen LogP contribution in [0.15, 0.2) is 53.4 Å². The number of nitrogens with one attached hydrogen (secondary N) is 1. The molecular formula is C18H21ClN2O4S. The molecule has 0 aromatic heterocycles. The second-order valence-electron chi connectivity index (χ2n) is 5.79. The minimum Gasteiger partial charge on any atom is -0.395 e. The van der Waals surface area contributed by atoms with Crippen LogP contribution in [0, 0.1) is 6.92 Å². The highest BCUT2D eigenvalue weighted by Gasteiger charge is 2.26. The topological polar surface area (TPSA) is 86.7 Å². The van der Waals surface area contributed by atoms with Gasteiger partial charge in [0.2, 0.25) is 15.9 Å². The number of aryl methyl sites for hydroxylation is 1. The molecule has 0 heterocycles. The van der Waals surface area contributed by atoms with Gasteiger partial charge in [-0.25, -0.2) is 8.42 Å². The van der Waals surface area contributed by atoms with Crippen molar-refractivity contribution in [3.63, 3.8) is 0 Å².